The fraction of sp³-hybridized carbons (Fsp3) is 0.500. The monoisotopic (exact) mass is 344 g/mol. The van der Waals surface area contributed by atoms with E-state index >= 15 is 0 Å². The van der Waals surface area contributed by atoms with Gasteiger partial charge in [-0.15, -0.1) is 0 Å². The number of hydrogen-bond acceptors (Lipinski definition) is 4. The molecular weight excluding hydrogens is 328 g/mol. The molecule has 2 rings (SSSR count). The molecule has 2 aromatic heterocycles. The van der Waals surface area contributed by atoms with Crippen molar-refractivity contribution in [2.45, 2.75) is 30.9 Å². The van der Waals surface area contributed by atoms with E-state index < -0.39 is 0 Å². The van der Waals surface area contributed by atoms with E-state index in [4.69, 9.17) is 5.11 Å². The van der Waals surface area contributed by atoms with Gasteiger partial charge < -0.3 is 9.67 Å². The van der Waals surface area contributed by atoms with E-state index in [2.05, 4.69) is 32.9 Å². The zero-order valence-corrected chi connectivity index (χ0v) is 13.6. The van der Waals surface area contributed by atoms with Crippen LogP contribution in [0, 0.1) is 0 Å². The standard InChI is InChI=1S/C12H17BrN4OS/c1-4-9-11(13)10(17(3)15-9)7-19-12-14-5-8(6-18)16(12)2/h5,18H,4,6-7H2,1-3H3. The van der Waals surface area contributed by atoms with Gasteiger partial charge in [0.1, 0.15) is 0 Å². The molecule has 2 heterocycles. The summed E-state index contributed by atoms with van der Waals surface area (Å²) in [5.74, 6) is 0.791. The number of aromatic nitrogens is 4. The molecule has 0 unspecified atom stereocenters. The molecule has 0 radical (unpaired) electrons. The smallest absolute Gasteiger partial charge is 0.168 e. The van der Waals surface area contributed by atoms with E-state index in [1.54, 1.807) is 18.0 Å². The van der Waals surface area contributed by atoms with Crippen LogP contribution >= 0.6 is 27.7 Å². The molecular formula is C12H17BrN4OS. The van der Waals surface area contributed by atoms with Crippen molar-refractivity contribution in [3.63, 3.8) is 0 Å². The average Bonchev–Trinajstić information content (AvgIpc) is 2.88. The molecule has 0 aliphatic heterocycles. The lowest BCUT2D eigenvalue weighted by Crippen LogP contribution is -2.00. The summed E-state index contributed by atoms with van der Waals surface area (Å²) in [6.07, 6.45) is 2.62. The zero-order valence-electron chi connectivity index (χ0n) is 11.2. The Morgan fingerprint density at radius 1 is 1.42 bits per heavy atom. The highest BCUT2D eigenvalue weighted by molar-refractivity contribution is 9.10. The largest absolute Gasteiger partial charge is 0.390 e. The van der Waals surface area contributed by atoms with Crippen LogP contribution in [0.3, 0.4) is 0 Å². The normalized spacial score (nSPS) is 11.2. The van der Waals surface area contributed by atoms with Crippen LogP contribution in [0.2, 0.25) is 0 Å². The molecule has 0 saturated carbocycles. The van der Waals surface area contributed by atoms with Crippen LogP contribution in [-0.2, 0) is 32.9 Å². The van der Waals surface area contributed by atoms with Crippen LogP contribution < -0.4 is 0 Å². The Bertz CT molecular complexity index is 579. The van der Waals surface area contributed by atoms with E-state index in [0.29, 0.717) is 0 Å². The zero-order chi connectivity index (χ0) is 14.0. The number of aryl methyl sites for hydroxylation is 2. The Balaban J connectivity index is 2.14. The fourth-order valence-electron chi connectivity index (χ4n) is 1.82. The Morgan fingerprint density at radius 2 is 2.16 bits per heavy atom. The number of nitrogens with zero attached hydrogens (tertiary/aromatic N) is 4. The van der Waals surface area contributed by atoms with Crippen molar-refractivity contribution in [1.82, 2.24) is 19.3 Å². The molecule has 0 aromatic carbocycles. The van der Waals surface area contributed by atoms with Gasteiger partial charge in [0.25, 0.3) is 0 Å². The third kappa shape index (κ3) is 2.88. The molecule has 0 aliphatic carbocycles. The Kier molecular flexibility index (Phi) is 4.70. The predicted molar refractivity (Wildman–Crippen MR) is 79.0 cm³/mol. The number of aliphatic hydroxyl groups is 1. The van der Waals surface area contributed by atoms with Crippen LogP contribution in [0.25, 0.3) is 0 Å². The van der Waals surface area contributed by atoms with Gasteiger partial charge in [-0.2, -0.15) is 5.10 Å². The summed E-state index contributed by atoms with van der Waals surface area (Å²) < 4.78 is 4.91. The number of imidazole rings is 1. The van der Waals surface area contributed by atoms with Crippen molar-refractivity contribution < 1.29 is 5.11 Å². The van der Waals surface area contributed by atoms with Gasteiger partial charge in [0.2, 0.25) is 0 Å². The van der Waals surface area contributed by atoms with E-state index in [1.807, 2.05) is 23.3 Å². The van der Waals surface area contributed by atoms with Crippen LogP contribution in [-0.4, -0.2) is 24.4 Å². The van der Waals surface area contributed by atoms with Crippen molar-refractivity contribution in [1.29, 1.82) is 0 Å². The van der Waals surface area contributed by atoms with E-state index in [-0.39, 0.29) is 6.61 Å². The lowest BCUT2D eigenvalue weighted by atomic mass is 10.3. The molecule has 0 amide bonds. The van der Waals surface area contributed by atoms with E-state index in [0.717, 1.165) is 38.9 Å². The molecule has 0 fully saturated rings. The lowest BCUT2D eigenvalue weighted by molar-refractivity contribution is 0.271. The van der Waals surface area contributed by atoms with Gasteiger partial charge in [0.15, 0.2) is 5.16 Å². The van der Waals surface area contributed by atoms with Gasteiger partial charge in [0.05, 0.1) is 34.4 Å². The molecule has 0 saturated heterocycles. The quantitative estimate of drug-likeness (QED) is 0.845. The molecule has 5 nitrogen and oxygen atoms in total. The van der Waals surface area contributed by atoms with Gasteiger partial charge >= 0.3 is 0 Å². The summed E-state index contributed by atoms with van der Waals surface area (Å²) in [5, 5.41) is 14.5. The summed E-state index contributed by atoms with van der Waals surface area (Å²) >= 11 is 5.25. The average molecular weight is 345 g/mol. The summed E-state index contributed by atoms with van der Waals surface area (Å²) in [6.45, 7) is 2.11. The molecule has 19 heavy (non-hydrogen) atoms. The Morgan fingerprint density at radius 3 is 2.68 bits per heavy atom. The number of rotatable bonds is 5. The van der Waals surface area contributed by atoms with Crippen molar-refractivity contribution in [3.05, 3.63) is 27.8 Å². The summed E-state index contributed by atoms with van der Waals surface area (Å²) in [7, 11) is 3.87. The third-order valence-electron chi connectivity index (χ3n) is 3.04. The maximum Gasteiger partial charge on any atom is 0.168 e. The molecule has 104 valence electrons. The van der Waals surface area contributed by atoms with Crippen LogP contribution in [0.4, 0.5) is 0 Å². The van der Waals surface area contributed by atoms with Gasteiger partial charge in [-0.25, -0.2) is 4.98 Å². The van der Waals surface area contributed by atoms with E-state index in [1.165, 1.54) is 0 Å². The minimum atomic E-state index is 0.0133. The maximum atomic E-state index is 9.15. The first-order chi connectivity index (χ1) is 9.08. The fourth-order valence-corrected chi connectivity index (χ4v) is 3.79. The summed E-state index contributed by atoms with van der Waals surface area (Å²) in [6, 6.07) is 0. The van der Waals surface area contributed by atoms with Crippen molar-refractivity contribution >= 4 is 27.7 Å². The number of halogens is 1. The topological polar surface area (TPSA) is 55.9 Å². The predicted octanol–water partition coefficient (Wildman–Crippen LogP) is 2.26. The van der Waals surface area contributed by atoms with Crippen LogP contribution in [0.1, 0.15) is 24.0 Å². The molecule has 0 aliphatic rings. The second kappa shape index (κ2) is 6.11. The minimum absolute atomic E-state index is 0.0133. The highest BCUT2D eigenvalue weighted by Gasteiger charge is 2.14. The van der Waals surface area contributed by atoms with Crippen LogP contribution in [0.5, 0.6) is 0 Å². The summed E-state index contributed by atoms with van der Waals surface area (Å²) in [5.41, 5.74) is 3.05. The van der Waals surface area contributed by atoms with Gasteiger partial charge in [-0.1, -0.05) is 18.7 Å². The summed E-state index contributed by atoms with van der Waals surface area (Å²) in [4.78, 5) is 4.31. The molecule has 1 N–H and O–H groups in total. The first-order valence-corrected chi connectivity index (χ1v) is 7.80. The number of aliphatic hydroxyl groups excluding tert-OH is 1. The Labute approximate surface area is 125 Å². The van der Waals surface area contributed by atoms with E-state index in [9.17, 15) is 0 Å². The molecule has 0 spiro atoms. The van der Waals surface area contributed by atoms with Crippen molar-refractivity contribution in [2.75, 3.05) is 0 Å². The molecule has 0 bridgehead atoms. The third-order valence-corrected chi connectivity index (χ3v) is 5.02. The number of hydrogen-bond donors (Lipinski definition) is 1. The molecule has 0 atom stereocenters. The van der Waals surface area contributed by atoms with Gasteiger partial charge in [-0.05, 0) is 22.4 Å². The highest BCUT2D eigenvalue weighted by atomic mass is 79.9. The first-order valence-electron chi connectivity index (χ1n) is 6.03. The van der Waals surface area contributed by atoms with Gasteiger partial charge in [0, 0.05) is 19.8 Å². The van der Waals surface area contributed by atoms with Crippen LogP contribution in [0.15, 0.2) is 15.8 Å². The van der Waals surface area contributed by atoms with Crippen molar-refractivity contribution in [2.24, 2.45) is 14.1 Å². The Hall–Kier alpha value is -0.790. The van der Waals surface area contributed by atoms with Gasteiger partial charge in [-0.3, -0.25) is 4.68 Å². The SMILES string of the molecule is CCc1nn(C)c(CSc2ncc(CO)n2C)c1Br. The van der Waals surface area contributed by atoms with Crippen molar-refractivity contribution in [3.8, 4) is 0 Å². The highest BCUT2D eigenvalue weighted by Crippen LogP contribution is 2.28. The second-order valence-electron chi connectivity index (χ2n) is 4.22. The molecule has 2 aromatic rings. The second-order valence-corrected chi connectivity index (χ2v) is 5.96. The maximum absolute atomic E-state index is 9.15. The first kappa shape index (κ1) is 14.6. The lowest BCUT2D eigenvalue weighted by Gasteiger charge is -2.05. The minimum Gasteiger partial charge on any atom is -0.390 e. The molecule has 7 heteroatoms. The number of thioether (sulfide) groups is 1.